The van der Waals surface area contributed by atoms with E-state index in [-0.39, 0.29) is 6.42 Å². The first-order chi connectivity index (χ1) is 9.49. The number of carboxylic acids is 1. The van der Waals surface area contributed by atoms with Crippen LogP contribution >= 0.6 is 0 Å². The lowest BCUT2D eigenvalue weighted by molar-refractivity contribution is -0.136. The summed E-state index contributed by atoms with van der Waals surface area (Å²) in [5, 5.41) is 8.92. The van der Waals surface area contributed by atoms with E-state index < -0.39 is 5.97 Å². The molecule has 1 rings (SSSR count). The molecule has 2 heteroatoms. The van der Waals surface area contributed by atoms with Crippen molar-refractivity contribution < 1.29 is 9.90 Å². The van der Waals surface area contributed by atoms with Crippen molar-refractivity contribution in [3.8, 4) is 0 Å². The van der Waals surface area contributed by atoms with Crippen molar-refractivity contribution in [3.63, 3.8) is 0 Å². The van der Waals surface area contributed by atoms with Gasteiger partial charge in [0, 0.05) is 0 Å². The Bertz CT molecular complexity index is 506. The minimum absolute atomic E-state index is 0.0980. The first-order valence-corrected chi connectivity index (χ1v) is 7.06. The van der Waals surface area contributed by atoms with Crippen molar-refractivity contribution in [2.75, 3.05) is 0 Å². The van der Waals surface area contributed by atoms with Crippen LogP contribution in [0.3, 0.4) is 0 Å². The molecule has 0 aliphatic heterocycles. The Hall–Kier alpha value is -1.83. The quantitative estimate of drug-likeness (QED) is 0.739. The largest absolute Gasteiger partial charge is 0.481 e. The van der Waals surface area contributed by atoms with Gasteiger partial charge >= 0.3 is 5.97 Å². The van der Waals surface area contributed by atoms with E-state index in [4.69, 9.17) is 5.11 Å². The van der Waals surface area contributed by atoms with Gasteiger partial charge < -0.3 is 5.11 Å². The molecule has 1 aromatic rings. The molecular formula is C18H24O2. The van der Waals surface area contributed by atoms with E-state index in [9.17, 15) is 4.79 Å². The average Bonchev–Trinajstić information content (AvgIpc) is 2.36. The zero-order chi connectivity index (χ0) is 15.0. The van der Waals surface area contributed by atoms with Crippen molar-refractivity contribution in [1.29, 1.82) is 0 Å². The van der Waals surface area contributed by atoms with E-state index in [1.807, 2.05) is 24.3 Å². The molecule has 0 fully saturated rings. The first-order valence-electron chi connectivity index (χ1n) is 7.06. The van der Waals surface area contributed by atoms with Crippen molar-refractivity contribution >= 4 is 5.97 Å². The summed E-state index contributed by atoms with van der Waals surface area (Å²) in [4.78, 5) is 10.8. The zero-order valence-corrected chi connectivity index (χ0v) is 12.6. The monoisotopic (exact) mass is 272 g/mol. The number of allylic oxidation sites excluding steroid dienone is 4. The lowest BCUT2D eigenvalue weighted by Crippen LogP contribution is -2.03. The molecule has 2 nitrogen and oxygen atoms in total. The van der Waals surface area contributed by atoms with Gasteiger partial charge in [0.1, 0.15) is 0 Å². The van der Waals surface area contributed by atoms with Crippen LogP contribution in [-0.2, 0) is 17.6 Å². The first kappa shape index (κ1) is 16.2. The number of aliphatic carboxylic acids is 1. The lowest BCUT2D eigenvalue weighted by Gasteiger charge is -2.06. The van der Waals surface area contributed by atoms with Gasteiger partial charge in [-0.1, -0.05) is 47.6 Å². The third-order valence-electron chi connectivity index (χ3n) is 3.22. The highest BCUT2D eigenvalue weighted by Crippen LogP contribution is 2.14. The topological polar surface area (TPSA) is 37.3 Å². The number of benzene rings is 1. The highest BCUT2D eigenvalue weighted by Gasteiger charge is 2.05. The molecule has 1 N–H and O–H groups in total. The molecule has 0 aliphatic rings. The summed E-state index contributed by atoms with van der Waals surface area (Å²) in [5.41, 5.74) is 4.72. The van der Waals surface area contributed by atoms with Gasteiger partial charge in [-0.25, -0.2) is 0 Å². The molecule has 108 valence electrons. The SMILES string of the molecule is CC(C)=CCCC(C)=CCc1ccccc1CC(=O)O. The molecule has 0 unspecified atom stereocenters. The van der Waals surface area contributed by atoms with Gasteiger partial charge in [-0.05, 0) is 51.2 Å². The fourth-order valence-corrected chi connectivity index (χ4v) is 2.07. The highest BCUT2D eigenvalue weighted by molar-refractivity contribution is 5.70. The third-order valence-corrected chi connectivity index (χ3v) is 3.22. The Morgan fingerprint density at radius 2 is 1.75 bits per heavy atom. The van der Waals surface area contributed by atoms with Gasteiger partial charge in [0.15, 0.2) is 0 Å². The van der Waals surface area contributed by atoms with Crippen molar-refractivity contribution in [2.45, 2.75) is 46.5 Å². The van der Waals surface area contributed by atoms with Crippen molar-refractivity contribution in [1.82, 2.24) is 0 Å². The standard InChI is InChI=1S/C18H24O2/c1-14(2)7-6-8-15(3)11-12-16-9-4-5-10-17(16)13-18(19)20/h4-5,7,9-11H,6,8,12-13H2,1-3H3,(H,19,20). The third kappa shape index (κ3) is 6.37. The summed E-state index contributed by atoms with van der Waals surface area (Å²) in [6.45, 7) is 6.36. The number of rotatable bonds is 7. The molecule has 20 heavy (non-hydrogen) atoms. The van der Waals surface area contributed by atoms with E-state index in [0.717, 1.165) is 30.4 Å². The minimum atomic E-state index is -0.776. The lowest BCUT2D eigenvalue weighted by atomic mass is 10.00. The molecule has 0 saturated heterocycles. The van der Waals surface area contributed by atoms with Crippen molar-refractivity contribution in [2.24, 2.45) is 0 Å². The van der Waals surface area contributed by atoms with Crippen LogP contribution in [0.15, 0.2) is 47.6 Å². The average molecular weight is 272 g/mol. The molecule has 0 bridgehead atoms. The van der Waals surface area contributed by atoms with E-state index >= 15 is 0 Å². The zero-order valence-electron chi connectivity index (χ0n) is 12.6. The van der Waals surface area contributed by atoms with Gasteiger partial charge in [-0.2, -0.15) is 0 Å². The molecule has 0 aliphatic carbocycles. The predicted octanol–water partition coefficient (Wildman–Crippen LogP) is 4.55. The maximum absolute atomic E-state index is 10.8. The van der Waals surface area contributed by atoms with Gasteiger partial charge in [-0.3, -0.25) is 4.79 Å². The Kier molecular flexibility index (Phi) is 6.78. The molecule has 0 heterocycles. The summed E-state index contributed by atoms with van der Waals surface area (Å²) >= 11 is 0. The molecule has 0 aromatic heterocycles. The van der Waals surface area contributed by atoms with Crippen LogP contribution in [-0.4, -0.2) is 11.1 Å². The second-order valence-electron chi connectivity index (χ2n) is 5.41. The molecule has 0 atom stereocenters. The normalized spacial score (nSPS) is 11.2. The van der Waals surface area contributed by atoms with Gasteiger partial charge in [0.05, 0.1) is 6.42 Å². The Morgan fingerprint density at radius 3 is 2.35 bits per heavy atom. The van der Waals surface area contributed by atoms with Crippen LogP contribution in [0, 0.1) is 0 Å². The summed E-state index contributed by atoms with van der Waals surface area (Å²) in [6, 6.07) is 7.77. The summed E-state index contributed by atoms with van der Waals surface area (Å²) in [7, 11) is 0. The number of carboxylic acid groups (broad SMARTS) is 1. The van der Waals surface area contributed by atoms with E-state index in [1.165, 1.54) is 11.1 Å². The Balaban J connectivity index is 2.64. The molecule has 0 spiro atoms. The molecule has 0 amide bonds. The fraction of sp³-hybridized carbons (Fsp3) is 0.389. The molecule has 1 aromatic carbocycles. The predicted molar refractivity (Wildman–Crippen MR) is 83.9 cm³/mol. The Labute approximate surface area is 121 Å². The van der Waals surface area contributed by atoms with Gasteiger partial charge in [-0.15, -0.1) is 0 Å². The summed E-state index contributed by atoms with van der Waals surface area (Å²) < 4.78 is 0. The molecular weight excluding hydrogens is 248 g/mol. The fourth-order valence-electron chi connectivity index (χ4n) is 2.07. The van der Waals surface area contributed by atoms with Gasteiger partial charge in [0.25, 0.3) is 0 Å². The van der Waals surface area contributed by atoms with E-state index in [0.29, 0.717) is 0 Å². The van der Waals surface area contributed by atoms with Crippen LogP contribution in [0.5, 0.6) is 0 Å². The van der Waals surface area contributed by atoms with Crippen LogP contribution < -0.4 is 0 Å². The minimum Gasteiger partial charge on any atom is -0.481 e. The summed E-state index contributed by atoms with van der Waals surface area (Å²) in [6.07, 6.45) is 7.49. The molecule has 0 radical (unpaired) electrons. The maximum atomic E-state index is 10.8. The number of hydrogen-bond acceptors (Lipinski definition) is 1. The van der Waals surface area contributed by atoms with Crippen LogP contribution in [0.2, 0.25) is 0 Å². The smallest absolute Gasteiger partial charge is 0.307 e. The second kappa shape index (κ2) is 8.36. The summed E-state index contributed by atoms with van der Waals surface area (Å²) in [5.74, 6) is -0.776. The van der Waals surface area contributed by atoms with Gasteiger partial charge in [0.2, 0.25) is 0 Å². The second-order valence-corrected chi connectivity index (χ2v) is 5.41. The van der Waals surface area contributed by atoms with E-state index in [2.05, 4.69) is 32.9 Å². The number of hydrogen-bond donors (Lipinski definition) is 1. The highest BCUT2D eigenvalue weighted by atomic mass is 16.4. The van der Waals surface area contributed by atoms with Crippen LogP contribution in [0.25, 0.3) is 0 Å². The molecule has 0 saturated carbocycles. The Morgan fingerprint density at radius 1 is 1.10 bits per heavy atom. The van der Waals surface area contributed by atoms with E-state index in [1.54, 1.807) is 0 Å². The van der Waals surface area contributed by atoms with Crippen LogP contribution in [0.4, 0.5) is 0 Å². The van der Waals surface area contributed by atoms with Crippen LogP contribution in [0.1, 0.15) is 44.7 Å². The number of carbonyl (C=O) groups is 1. The van der Waals surface area contributed by atoms with Crippen molar-refractivity contribution in [3.05, 3.63) is 58.7 Å². The maximum Gasteiger partial charge on any atom is 0.307 e.